The minimum absolute atomic E-state index is 0.0303. The number of nitrogens with zero attached hydrogens (tertiary/aromatic N) is 5. The number of piperazine rings is 1. The highest BCUT2D eigenvalue weighted by Crippen LogP contribution is 2.20. The molecule has 28 heavy (non-hydrogen) atoms. The predicted molar refractivity (Wildman–Crippen MR) is 109 cm³/mol. The second-order valence-electron chi connectivity index (χ2n) is 7.00. The minimum Gasteiger partial charge on any atom is -0.368 e. The molecule has 0 N–H and O–H groups in total. The first kappa shape index (κ1) is 20.0. The molecule has 0 radical (unpaired) electrons. The summed E-state index contributed by atoms with van der Waals surface area (Å²) < 4.78 is 13.1. The van der Waals surface area contributed by atoms with Crippen LogP contribution in [0.3, 0.4) is 0 Å². The fraction of sp³-hybridized carbons (Fsp3) is 0.476. The average molecular weight is 385 g/mol. The number of amides is 1. The number of anilines is 2. The Balaban J connectivity index is 1.66. The molecule has 0 saturated carbocycles. The molecule has 150 valence electrons. The summed E-state index contributed by atoms with van der Waals surface area (Å²) in [5.74, 6) is 0.531. The summed E-state index contributed by atoms with van der Waals surface area (Å²) in [6.07, 6.45) is 3.33. The molecule has 0 bridgehead atoms. The van der Waals surface area contributed by atoms with Gasteiger partial charge in [-0.1, -0.05) is 13.8 Å². The van der Waals surface area contributed by atoms with Gasteiger partial charge >= 0.3 is 0 Å². The Morgan fingerprint density at radius 1 is 1.00 bits per heavy atom. The quantitative estimate of drug-likeness (QED) is 0.733. The van der Waals surface area contributed by atoms with Gasteiger partial charge in [-0.05, 0) is 37.1 Å². The molecular formula is C21H28FN5O. The third-order valence-corrected chi connectivity index (χ3v) is 4.94. The van der Waals surface area contributed by atoms with Crippen molar-refractivity contribution >= 4 is 17.4 Å². The first-order chi connectivity index (χ1) is 13.6. The van der Waals surface area contributed by atoms with Crippen molar-refractivity contribution in [1.29, 1.82) is 0 Å². The zero-order valence-corrected chi connectivity index (χ0v) is 16.6. The number of hydrogen-bond donors (Lipinski definition) is 0. The lowest BCUT2D eigenvalue weighted by Crippen LogP contribution is -2.47. The van der Waals surface area contributed by atoms with Crippen molar-refractivity contribution in [3.05, 3.63) is 48.2 Å². The number of benzene rings is 1. The third-order valence-electron chi connectivity index (χ3n) is 4.94. The van der Waals surface area contributed by atoms with Crippen molar-refractivity contribution in [2.75, 3.05) is 49.1 Å². The smallest absolute Gasteiger partial charge is 0.272 e. The van der Waals surface area contributed by atoms with Gasteiger partial charge in [-0.2, -0.15) is 0 Å². The van der Waals surface area contributed by atoms with Crippen molar-refractivity contribution in [1.82, 2.24) is 14.9 Å². The van der Waals surface area contributed by atoms with E-state index in [0.29, 0.717) is 5.69 Å². The van der Waals surface area contributed by atoms with Gasteiger partial charge < -0.3 is 14.7 Å². The molecule has 1 saturated heterocycles. The summed E-state index contributed by atoms with van der Waals surface area (Å²) in [5, 5.41) is 0. The van der Waals surface area contributed by atoms with E-state index in [0.717, 1.165) is 63.6 Å². The molecule has 3 rings (SSSR count). The fourth-order valence-corrected chi connectivity index (χ4v) is 3.50. The number of rotatable bonds is 7. The first-order valence-corrected chi connectivity index (χ1v) is 9.99. The van der Waals surface area contributed by atoms with E-state index >= 15 is 0 Å². The zero-order chi connectivity index (χ0) is 19.9. The Hall–Kier alpha value is -2.70. The van der Waals surface area contributed by atoms with Gasteiger partial charge in [0.05, 0.1) is 0 Å². The van der Waals surface area contributed by atoms with E-state index in [2.05, 4.69) is 33.6 Å². The molecule has 1 fully saturated rings. The van der Waals surface area contributed by atoms with E-state index in [1.807, 2.05) is 17.0 Å². The van der Waals surface area contributed by atoms with Crippen LogP contribution in [-0.2, 0) is 0 Å². The van der Waals surface area contributed by atoms with Crippen LogP contribution in [0.1, 0.15) is 37.2 Å². The van der Waals surface area contributed by atoms with E-state index in [-0.39, 0.29) is 11.7 Å². The van der Waals surface area contributed by atoms with Crippen LogP contribution in [0.4, 0.5) is 15.9 Å². The normalized spacial score (nSPS) is 14.2. The standard InChI is InChI=1S/C21H28FN5O/c1-3-9-27(10-4-2)21(28)19-15-20(24-16-23-19)26-13-11-25(12-14-26)18-7-5-17(22)6-8-18/h5-8,15-16H,3-4,9-14H2,1-2H3. The van der Waals surface area contributed by atoms with Crippen LogP contribution in [0.2, 0.25) is 0 Å². The van der Waals surface area contributed by atoms with Gasteiger partial charge in [0, 0.05) is 51.0 Å². The first-order valence-electron chi connectivity index (χ1n) is 9.99. The maximum atomic E-state index is 13.1. The van der Waals surface area contributed by atoms with Gasteiger partial charge in [0.2, 0.25) is 0 Å². The zero-order valence-electron chi connectivity index (χ0n) is 16.6. The highest BCUT2D eigenvalue weighted by molar-refractivity contribution is 5.93. The second-order valence-corrected chi connectivity index (χ2v) is 7.00. The molecule has 1 amide bonds. The van der Waals surface area contributed by atoms with E-state index in [9.17, 15) is 9.18 Å². The number of halogens is 1. The monoisotopic (exact) mass is 385 g/mol. The maximum Gasteiger partial charge on any atom is 0.272 e. The summed E-state index contributed by atoms with van der Waals surface area (Å²) in [4.78, 5) is 27.7. The summed E-state index contributed by atoms with van der Waals surface area (Å²) in [5.41, 5.74) is 1.47. The van der Waals surface area contributed by atoms with Gasteiger partial charge in [-0.15, -0.1) is 0 Å². The van der Waals surface area contributed by atoms with Gasteiger partial charge in [0.25, 0.3) is 5.91 Å². The molecule has 2 aromatic rings. The minimum atomic E-state index is -0.222. The molecular weight excluding hydrogens is 357 g/mol. The van der Waals surface area contributed by atoms with Gasteiger partial charge in [0.15, 0.2) is 0 Å². The molecule has 1 aromatic heterocycles. The van der Waals surface area contributed by atoms with Crippen LogP contribution in [-0.4, -0.2) is 60.0 Å². The molecule has 1 aliphatic heterocycles. The summed E-state index contributed by atoms with van der Waals surface area (Å²) in [6.45, 7) is 8.83. The lowest BCUT2D eigenvalue weighted by molar-refractivity contribution is 0.0749. The maximum absolute atomic E-state index is 13.1. The van der Waals surface area contributed by atoms with Gasteiger partial charge in [-0.3, -0.25) is 4.79 Å². The Morgan fingerprint density at radius 2 is 1.61 bits per heavy atom. The van der Waals surface area contributed by atoms with Crippen molar-refractivity contribution in [2.24, 2.45) is 0 Å². The summed E-state index contributed by atoms with van der Waals surface area (Å²) in [7, 11) is 0. The Morgan fingerprint density at radius 3 is 2.21 bits per heavy atom. The van der Waals surface area contributed by atoms with Crippen LogP contribution in [0.25, 0.3) is 0 Å². The molecule has 0 spiro atoms. The number of hydrogen-bond acceptors (Lipinski definition) is 5. The molecule has 6 nitrogen and oxygen atoms in total. The SMILES string of the molecule is CCCN(CCC)C(=O)c1cc(N2CCN(c3ccc(F)cc3)CC2)ncn1. The van der Waals surface area contributed by atoms with E-state index in [1.165, 1.54) is 18.5 Å². The van der Waals surface area contributed by atoms with Crippen LogP contribution in [0.5, 0.6) is 0 Å². The highest BCUT2D eigenvalue weighted by atomic mass is 19.1. The van der Waals surface area contributed by atoms with E-state index in [4.69, 9.17) is 0 Å². The number of carbonyl (C=O) groups is 1. The fourth-order valence-electron chi connectivity index (χ4n) is 3.50. The molecule has 0 unspecified atom stereocenters. The van der Waals surface area contributed by atoms with Crippen LogP contribution >= 0.6 is 0 Å². The van der Waals surface area contributed by atoms with Crippen LogP contribution in [0.15, 0.2) is 36.7 Å². The third kappa shape index (κ3) is 4.77. The van der Waals surface area contributed by atoms with Crippen molar-refractivity contribution in [2.45, 2.75) is 26.7 Å². The summed E-state index contributed by atoms with van der Waals surface area (Å²) in [6, 6.07) is 8.39. The molecule has 2 heterocycles. The molecule has 0 aliphatic carbocycles. The molecule has 1 aliphatic rings. The molecule has 7 heteroatoms. The number of aromatic nitrogens is 2. The van der Waals surface area contributed by atoms with Gasteiger partial charge in [0.1, 0.15) is 23.7 Å². The lowest BCUT2D eigenvalue weighted by atomic mass is 10.2. The Labute approximate surface area is 166 Å². The second kappa shape index (κ2) is 9.48. The average Bonchev–Trinajstić information content (AvgIpc) is 2.74. The summed E-state index contributed by atoms with van der Waals surface area (Å²) >= 11 is 0. The van der Waals surface area contributed by atoms with Crippen LogP contribution in [0, 0.1) is 5.82 Å². The Kier molecular flexibility index (Phi) is 6.79. The van der Waals surface area contributed by atoms with Crippen molar-refractivity contribution < 1.29 is 9.18 Å². The van der Waals surface area contributed by atoms with E-state index < -0.39 is 0 Å². The Bertz CT molecular complexity index is 769. The molecule has 0 atom stereocenters. The van der Waals surface area contributed by atoms with Gasteiger partial charge in [-0.25, -0.2) is 14.4 Å². The number of carbonyl (C=O) groups excluding carboxylic acids is 1. The highest BCUT2D eigenvalue weighted by Gasteiger charge is 2.21. The largest absolute Gasteiger partial charge is 0.368 e. The van der Waals surface area contributed by atoms with Crippen molar-refractivity contribution in [3.63, 3.8) is 0 Å². The van der Waals surface area contributed by atoms with Crippen LogP contribution < -0.4 is 9.80 Å². The topological polar surface area (TPSA) is 52.6 Å². The molecule has 1 aromatic carbocycles. The van der Waals surface area contributed by atoms with Crippen molar-refractivity contribution in [3.8, 4) is 0 Å². The predicted octanol–water partition coefficient (Wildman–Crippen LogP) is 3.20. The lowest BCUT2D eigenvalue weighted by Gasteiger charge is -2.36. The van der Waals surface area contributed by atoms with E-state index in [1.54, 1.807) is 6.07 Å².